The van der Waals surface area contributed by atoms with Crippen LogP contribution in [0, 0.1) is 0 Å². The van der Waals surface area contributed by atoms with Gasteiger partial charge in [-0.05, 0) is 17.7 Å². The number of ether oxygens (including phenoxy) is 2. The topological polar surface area (TPSA) is 81.9 Å². The molecule has 0 saturated carbocycles. The van der Waals surface area contributed by atoms with E-state index < -0.39 is 0 Å². The smallest absolute Gasteiger partial charge is 0.410 e. The SMILES string of the molecule is COC(=O)c1ccc(CN2CC(CN)OC2=O)cc1. The number of nitrogens with zero attached hydrogens (tertiary/aromatic N) is 1. The van der Waals surface area contributed by atoms with Gasteiger partial charge < -0.3 is 20.1 Å². The van der Waals surface area contributed by atoms with Crippen LogP contribution >= 0.6 is 0 Å². The van der Waals surface area contributed by atoms with Crippen LogP contribution in [-0.2, 0) is 16.0 Å². The molecule has 1 aromatic rings. The molecule has 0 spiro atoms. The highest BCUT2D eigenvalue weighted by Crippen LogP contribution is 2.15. The number of benzene rings is 1. The van der Waals surface area contributed by atoms with Crippen molar-refractivity contribution in [1.29, 1.82) is 0 Å². The average Bonchev–Trinajstić information content (AvgIpc) is 2.79. The third-order valence-corrected chi connectivity index (χ3v) is 2.96. The number of esters is 1. The van der Waals surface area contributed by atoms with Gasteiger partial charge in [0.2, 0.25) is 0 Å². The summed E-state index contributed by atoms with van der Waals surface area (Å²) in [5.41, 5.74) is 6.87. The zero-order valence-electron chi connectivity index (χ0n) is 10.7. The summed E-state index contributed by atoms with van der Waals surface area (Å²) in [6, 6.07) is 6.91. The minimum absolute atomic E-state index is 0.234. The van der Waals surface area contributed by atoms with Crippen molar-refractivity contribution in [3.8, 4) is 0 Å². The number of carbonyl (C=O) groups excluding carboxylic acids is 2. The monoisotopic (exact) mass is 264 g/mol. The van der Waals surface area contributed by atoms with Gasteiger partial charge in [0.25, 0.3) is 0 Å². The van der Waals surface area contributed by atoms with Crippen molar-refractivity contribution in [3.05, 3.63) is 35.4 Å². The molecule has 1 atom stereocenters. The van der Waals surface area contributed by atoms with E-state index in [1.165, 1.54) is 7.11 Å². The van der Waals surface area contributed by atoms with Gasteiger partial charge in [0.1, 0.15) is 6.10 Å². The largest absolute Gasteiger partial charge is 0.465 e. The van der Waals surface area contributed by atoms with Crippen molar-refractivity contribution in [1.82, 2.24) is 4.90 Å². The fourth-order valence-corrected chi connectivity index (χ4v) is 1.91. The Morgan fingerprint density at radius 1 is 1.47 bits per heavy atom. The quantitative estimate of drug-likeness (QED) is 0.812. The predicted octanol–water partition coefficient (Wildman–Crippen LogP) is 0.753. The third kappa shape index (κ3) is 3.03. The van der Waals surface area contributed by atoms with Gasteiger partial charge in [-0.3, -0.25) is 0 Å². The first kappa shape index (κ1) is 13.4. The highest BCUT2D eigenvalue weighted by molar-refractivity contribution is 5.89. The molecule has 1 aliphatic rings. The fraction of sp³-hybridized carbons (Fsp3) is 0.385. The van der Waals surface area contributed by atoms with Gasteiger partial charge >= 0.3 is 12.1 Å². The van der Waals surface area contributed by atoms with E-state index in [4.69, 9.17) is 10.5 Å². The van der Waals surface area contributed by atoms with Crippen LogP contribution in [0.5, 0.6) is 0 Å². The lowest BCUT2D eigenvalue weighted by Crippen LogP contribution is -2.27. The molecule has 0 aromatic heterocycles. The Kier molecular flexibility index (Phi) is 4.01. The second kappa shape index (κ2) is 5.71. The number of hydrogen-bond donors (Lipinski definition) is 1. The molecule has 2 rings (SSSR count). The standard InChI is InChI=1S/C13H16N2O4/c1-18-12(16)10-4-2-9(3-5-10)7-15-8-11(6-14)19-13(15)17/h2-5,11H,6-8,14H2,1H3. The van der Waals surface area contributed by atoms with E-state index in [1.807, 2.05) is 0 Å². The molecule has 1 aliphatic heterocycles. The van der Waals surface area contributed by atoms with Crippen LogP contribution in [0.1, 0.15) is 15.9 Å². The third-order valence-electron chi connectivity index (χ3n) is 2.96. The van der Waals surface area contributed by atoms with Gasteiger partial charge in [0, 0.05) is 13.1 Å². The minimum Gasteiger partial charge on any atom is -0.465 e. The number of nitrogens with two attached hydrogens (primary N) is 1. The van der Waals surface area contributed by atoms with Crippen LogP contribution in [0.25, 0.3) is 0 Å². The van der Waals surface area contributed by atoms with Crippen LogP contribution < -0.4 is 5.73 Å². The lowest BCUT2D eigenvalue weighted by atomic mass is 10.1. The van der Waals surface area contributed by atoms with E-state index in [-0.39, 0.29) is 18.2 Å². The fourth-order valence-electron chi connectivity index (χ4n) is 1.91. The van der Waals surface area contributed by atoms with E-state index in [2.05, 4.69) is 4.74 Å². The molecule has 6 nitrogen and oxygen atoms in total. The van der Waals surface area contributed by atoms with Crippen LogP contribution in [0.15, 0.2) is 24.3 Å². The summed E-state index contributed by atoms with van der Waals surface area (Å²) in [4.78, 5) is 24.4. The summed E-state index contributed by atoms with van der Waals surface area (Å²) in [6.45, 7) is 1.26. The highest BCUT2D eigenvalue weighted by Gasteiger charge is 2.29. The first-order chi connectivity index (χ1) is 9.13. The lowest BCUT2D eigenvalue weighted by Gasteiger charge is -2.12. The molecule has 1 aromatic carbocycles. The van der Waals surface area contributed by atoms with Crippen LogP contribution in [0.3, 0.4) is 0 Å². The van der Waals surface area contributed by atoms with E-state index in [1.54, 1.807) is 29.2 Å². The van der Waals surface area contributed by atoms with Crippen molar-refractivity contribution >= 4 is 12.1 Å². The molecule has 1 amide bonds. The van der Waals surface area contributed by atoms with Gasteiger partial charge in [-0.2, -0.15) is 0 Å². The van der Waals surface area contributed by atoms with Crippen molar-refractivity contribution in [2.45, 2.75) is 12.6 Å². The Balaban J connectivity index is 2.00. The molecule has 102 valence electrons. The number of amides is 1. The van der Waals surface area contributed by atoms with Gasteiger partial charge in [-0.15, -0.1) is 0 Å². The molecule has 6 heteroatoms. The maximum absolute atomic E-state index is 11.5. The van der Waals surface area contributed by atoms with Crippen LogP contribution in [0.2, 0.25) is 0 Å². The Hall–Kier alpha value is -2.08. The van der Waals surface area contributed by atoms with Crippen molar-refractivity contribution in [3.63, 3.8) is 0 Å². The molecule has 19 heavy (non-hydrogen) atoms. The summed E-state index contributed by atoms with van der Waals surface area (Å²) in [7, 11) is 1.34. The second-order valence-electron chi connectivity index (χ2n) is 4.31. The van der Waals surface area contributed by atoms with Crippen molar-refractivity contribution in [2.75, 3.05) is 20.2 Å². The van der Waals surface area contributed by atoms with Gasteiger partial charge in [0.15, 0.2) is 0 Å². The van der Waals surface area contributed by atoms with E-state index >= 15 is 0 Å². The molecule has 0 bridgehead atoms. The summed E-state index contributed by atoms with van der Waals surface area (Å²) < 4.78 is 9.68. The molecule has 1 unspecified atom stereocenters. The number of rotatable bonds is 4. The summed E-state index contributed by atoms with van der Waals surface area (Å²) in [6.07, 6.45) is -0.589. The number of carbonyl (C=O) groups is 2. The Bertz CT molecular complexity index is 472. The van der Waals surface area contributed by atoms with Crippen molar-refractivity contribution in [2.24, 2.45) is 5.73 Å². The highest BCUT2D eigenvalue weighted by atomic mass is 16.6. The zero-order chi connectivity index (χ0) is 13.8. The number of methoxy groups -OCH3 is 1. The number of hydrogen-bond acceptors (Lipinski definition) is 5. The van der Waals surface area contributed by atoms with Gasteiger partial charge in [-0.25, -0.2) is 9.59 Å². The molecule has 1 saturated heterocycles. The molecule has 1 fully saturated rings. The maximum Gasteiger partial charge on any atom is 0.410 e. The molecule has 0 aliphatic carbocycles. The molecule has 2 N–H and O–H groups in total. The van der Waals surface area contributed by atoms with Gasteiger partial charge in [-0.1, -0.05) is 12.1 Å². The first-order valence-corrected chi connectivity index (χ1v) is 5.97. The van der Waals surface area contributed by atoms with E-state index in [9.17, 15) is 9.59 Å². The molecule has 1 heterocycles. The summed E-state index contributed by atoms with van der Waals surface area (Å²) >= 11 is 0. The molecular weight excluding hydrogens is 248 g/mol. The molecular formula is C13H16N2O4. The predicted molar refractivity (Wildman–Crippen MR) is 67.5 cm³/mol. The Morgan fingerprint density at radius 2 is 2.16 bits per heavy atom. The second-order valence-corrected chi connectivity index (χ2v) is 4.31. The van der Waals surface area contributed by atoms with Crippen LogP contribution in [0.4, 0.5) is 4.79 Å². The van der Waals surface area contributed by atoms with Gasteiger partial charge in [0.05, 0.1) is 19.2 Å². The Morgan fingerprint density at radius 3 is 2.68 bits per heavy atom. The van der Waals surface area contributed by atoms with Crippen molar-refractivity contribution < 1.29 is 19.1 Å². The van der Waals surface area contributed by atoms with E-state index in [0.29, 0.717) is 25.2 Å². The first-order valence-electron chi connectivity index (χ1n) is 5.97. The summed E-state index contributed by atoms with van der Waals surface area (Å²) in [5, 5.41) is 0. The normalized spacial score (nSPS) is 18.3. The average molecular weight is 264 g/mol. The minimum atomic E-state index is -0.379. The molecule has 0 radical (unpaired) electrons. The summed E-state index contributed by atoms with van der Waals surface area (Å²) in [5.74, 6) is -0.379. The lowest BCUT2D eigenvalue weighted by molar-refractivity contribution is 0.0600. The maximum atomic E-state index is 11.5. The zero-order valence-corrected chi connectivity index (χ0v) is 10.7. The number of cyclic esters (lactones) is 1. The van der Waals surface area contributed by atoms with E-state index in [0.717, 1.165) is 5.56 Å². The van der Waals surface area contributed by atoms with Crippen LogP contribution in [-0.4, -0.2) is 43.3 Å². The Labute approximate surface area is 111 Å².